The van der Waals surface area contributed by atoms with E-state index < -0.39 is 47.6 Å². The molecule has 0 radical (unpaired) electrons. The van der Waals surface area contributed by atoms with E-state index in [-0.39, 0.29) is 47.7 Å². The highest BCUT2D eigenvalue weighted by molar-refractivity contribution is 5.67. The first-order valence-corrected chi connectivity index (χ1v) is 19.2. The van der Waals surface area contributed by atoms with Gasteiger partial charge in [-0.1, -0.05) is 27.7 Å². The molecule has 11 nitrogen and oxygen atoms in total. The van der Waals surface area contributed by atoms with Crippen molar-refractivity contribution in [2.24, 2.45) is 47.3 Å². The molecule has 1 amide bonds. The zero-order chi connectivity index (χ0) is 33.8. The number of rotatable bonds is 6. The average molecular weight is 678 g/mol. The lowest BCUT2D eigenvalue weighted by molar-refractivity contribution is -0.573. The number of carbonyl (C=O) groups excluding carboxylic acids is 1. The van der Waals surface area contributed by atoms with Crippen molar-refractivity contribution in [3.63, 3.8) is 0 Å². The van der Waals surface area contributed by atoms with E-state index in [1.54, 1.807) is 4.90 Å². The second-order valence-electron chi connectivity index (χ2n) is 17.1. The van der Waals surface area contributed by atoms with Gasteiger partial charge < -0.3 is 28.6 Å². The van der Waals surface area contributed by atoms with Crippen LogP contribution in [0, 0.1) is 47.3 Å². The molecule has 2 spiro atoms. The third-order valence-corrected chi connectivity index (χ3v) is 14.6. The number of fused-ring (bicyclic) bond motifs is 4. The van der Waals surface area contributed by atoms with E-state index in [2.05, 4.69) is 27.7 Å². The van der Waals surface area contributed by atoms with E-state index in [0.29, 0.717) is 31.3 Å². The summed E-state index contributed by atoms with van der Waals surface area (Å²) in [7, 11) is 0. The molecular formula is C37H59NO10. The summed E-state index contributed by atoms with van der Waals surface area (Å²) in [4.78, 5) is 40.5. The van der Waals surface area contributed by atoms with E-state index in [4.69, 9.17) is 43.2 Å². The summed E-state index contributed by atoms with van der Waals surface area (Å²) in [5.74, 6) is 0.216. The maximum Gasteiger partial charge on any atom is 0.410 e. The van der Waals surface area contributed by atoms with Crippen molar-refractivity contribution in [1.29, 1.82) is 0 Å². The average Bonchev–Trinajstić information content (AvgIpc) is 3.43. The number of amides is 1. The van der Waals surface area contributed by atoms with Crippen LogP contribution in [0.2, 0.25) is 0 Å². The minimum atomic E-state index is -0.881. The van der Waals surface area contributed by atoms with Gasteiger partial charge in [0.25, 0.3) is 0 Å². The Morgan fingerprint density at radius 2 is 1.23 bits per heavy atom. The molecule has 17 atom stereocenters. The largest absolute Gasteiger partial charge is 0.443 e. The lowest BCUT2D eigenvalue weighted by Crippen LogP contribution is -2.72. The summed E-state index contributed by atoms with van der Waals surface area (Å²) < 4.78 is 34.0. The minimum Gasteiger partial charge on any atom is -0.443 e. The van der Waals surface area contributed by atoms with Gasteiger partial charge in [-0.05, 0) is 102 Å². The lowest BCUT2D eigenvalue weighted by Gasteiger charge is -2.62. The zero-order valence-corrected chi connectivity index (χ0v) is 30.3. The molecule has 4 bridgehead atoms. The molecule has 48 heavy (non-hydrogen) atoms. The van der Waals surface area contributed by atoms with E-state index in [1.807, 2.05) is 27.7 Å². The van der Waals surface area contributed by atoms with Gasteiger partial charge in [-0.2, -0.15) is 0 Å². The molecule has 10 rings (SSSR count). The van der Waals surface area contributed by atoms with Crippen LogP contribution in [-0.2, 0) is 43.2 Å². The Balaban J connectivity index is 1.13. The minimum absolute atomic E-state index is 0.0198. The maximum absolute atomic E-state index is 13.8. The Kier molecular flexibility index (Phi) is 8.52. The summed E-state index contributed by atoms with van der Waals surface area (Å²) in [6, 6.07) is 0. The Hall–Kier alpha value is -1.05. The topological polar surface area (TPSA) is 103 Å². The molecule has 0 aromatic rings. The van der Waals surface area contributed by atoms with Crippen LogP contribution < -0.4 is 0 Å². The van der Waals surface area contributed by atoms with Gasteiger partial charge in [0, 0.05) is 44.2 Å². The smallest absolute Gasteiger partial charge is 0.410 e. The Bertz CT molecular complexity index is 1230. The molecule has 11 heteroatoms. The molecule has 8 aliphatic heterocycles. The van der Waals surface area contributed by atoms with Crippen molar-refractivity contribution in [1.82, 2.24) is 4.90 Å². The van der Waals surface area contributed by atoms with Crippen molar-refractivity contribution < 1.29 is 48.0 Å². The second-order valence-corrected chi connectivity index (χ2v) is 17.1. The number of hydrogen-bond donors (Lipinski definition) is 0. The van der Waals surface area contributed by atoms with Gasteiger partial charge in [0.05, 0.1) is 6.10 Å². The Morgan fingerprint density at radius 1 is 0.708 bits per heavy atom. The monoisotopic (exact) mass is 677 g/mol. The fraction of sp³-hybridized carbons (Fsp3) is 0.973. The highest BCUT2D eigenvalue weighted by Gasteiger charge is 2.72. The van der Waals surface area contributed by atoms with Crippen LogP contribution in [0.15, 0.2) is 0 Å². The maximum atomic E-state index is 13.8. The SMILES string of the molecule is CCN(CC)C(=O)O[C@@H](C[C@H]1O[C@@H]2O[C@]3(C)CC[C@H]4[C@H](C)CC[C@@H]([C@H]1C)C24OO3)C1O[C@@H]2O[C@]3(C)CC[C@H]4[C@H](C)CC[C@@H]([C@H]1C)C24OO3. The summed E-state index contributed by atoms with van der Waals surface area (Å²) in [5, 5.41) is 0. The van der Waals surface area contributed by atoms with E-state index in [9.17, 15) is 4.79 Å². The van der Waals surface area contributed by atoms with Crippen molar-refractivity contribution >= 4 is 6.09 Å². The first kappa shape index (κ1) is 34.1. The molecular weight excluding hydrogens is 618 g/mol. The van der Waals surface area contributed by atoms with Gasteiger partial charge in [0.15, 0.2) is 23.8 Å². The van der Waals surface area contributed by atoms with Crippen LogP contribution in [0.3, 0.4) is 0 Å². The fourth-order valence-electron chi connectivity index (χ4n) is 11.8. The zero-order valence-electron chi connectivity index (χ0n) is 30.3. The number of ether oxygens (including phenoxy) is 5. The van der Waals surface area contributed by atoms with Gasteiger partial charge in [0.2, 0.25) is 11.6 Å². The first-order chi connectivity index (χ1) is 22.9. The molecule has 2 saturated carbocycles. The molecule has 0 N–H and O–H groups in total. The van der Waals surface area contributed by atoms with Crippen molar-refractivity contribution in [3.05, 3.63) is 0 Å². The molecule has 0 aromatic carbocycles. The molecule has 272 valence electrons. The quantitative estimate of drug-likeness (QED) is 0.282. The number of carbonyl (C=O) groups is 1. The summed E-state index contributed by atoms with van der Waals surface area (Å²) in [5.41, 5.74) is -1.34. The molecule has 8 saturated heterocycles. The lowest BCUT2D eigenvalue weighted by atomic mass is 9.56. The molecule has 3 unspecified atom stereocenters. The van der Waals surface area contributed by atoms with E-state index in [1.165, 1.54) is 0 Å². The fourth-order valence-corrected chi connectivity index (χ4v) is 11.8. The van der Waals surface area contributed by atoms with Crippen LogP contribution >= 0.6 is 0 Å². The van der Waals surface area contributed by atoms with Crippen LogP contribution in [0.5, 0.6) is 0 Å². The predicted molar refractivity (Wildman–Crippen MR) is 171 cm³/mol. The molecule has 0 aromatic heterocycles. The van der Waals surface area contributed by atoms with Crippen LogP contribution in [0.25, 0.3) is 0 Å². The standard InChI is InChI=1S/C37H59NO10/c1-9-38(10-2)33(39)41-29(30-23(6)27-14-12-21(4)25-16-18-35(8)44-32(42-30)37(25,27)48-46-35)19-28-22(5)26-13-11-20(3)24-15-17-34(7)43-31(40-28)36(24,26)47-45-34/h20-32H,9-19H2,1-8H3/t20-,21-,22-,23-,24+,25+,26+,27+,28-,29+,30?,31-,32-,34+,35+,36?,37?/m1/s1. The van der Waals surface area contributed by atoms with Gasteiger partial charge >= 0.3 is 6.09 Å². The molecule has 10 aliphatic rings. The predicted octanol–water partition coefficient (Wildman–Crippen LogP) is 6.72. The van der Waals surface area contributed by atoms with Crippen molar-refractivity contribution in [2.75, 3.05) is 13.1 Å². The van der Waals surface area contributed by atoms with Gasteiger partial charge in [-0.3, -0.25) is 0 Å². The Labute approximate surface area is 286 Å². The second kappa shape index (κ2) is 12.0. The van der Waals surface area contributed by atoms with Crippen molar-refractivity contribution in [3.8, 4) is 0 Å². The van der Waals surface area contributed by atoms with Gasteiger partial charge in [-0.15, -0.1) is 0 Å². The van der Waals surface area contributed by atoms with Gasteiger partial charge in [-0.25, -0.2) is 24.3 Å². The first-order valence-electron chi connectivity index (χ1n) is 19.2. The van der Waals surface area contributed by atoms with E-state index >= 15 is 0 Å². The third-order valence-electron chi connectivity index (χ3n) is 14.6. The number of nitrogens with zero attached hydrogens (tertiary/aromatic N) is 1. The van der Waals surface area contributed by atoms with Crippen LogP contribution in [-0.4, -0.2) is 77.8 Å². The Morgan fingerprint density at radius 3 is 1.77 bits per heavy atom. The summed E-state index contributed by atoms with van der Waals surface area (Å²) >= 11 is 0. The van der Waals surface area contributed by atoms with Crippen LogP contribution in [0.1, 0.15) is 113 Å². The van der Waals surface area contributed by atoms with E-state index in [0.717, 1.165) is 51.4 Å². The highest BCUT2D eigenvalue weighted by atomic mass is 17.3. The van der Waals surface area contributed by atoms with Crippen LogP contribution in [0.4, 0.5) is 4.79 Å². The molecule has 2 aliphatic carbocycles. The normalized spacial score (nSPS) is 54.3. The third kappa shape index (κ3) is 4.91. The van der Waals surface area contributed by atoms with Gasteiger partial charge in [0.1, 0.15) is 12.2 Å². The highest BCUT2D eigenvalue weighted by Crippen LogP contribution is 2.63. The van der Waals surface area contributed by atoms with Crippen molar-refractivity contribution in [2.45, 2.75) is 167 Å². The number of hydrogen-bond acceptors (Lipinski definition) is 10. The summed E-state index contributed by atoms with van der Waals surface area (Å²) in [6.45, 7) is 18.2. The molecule has 8 heterocycles. The molecule has 10 fully saturated rings. The summed E-state index contributed by atoms with van der Waals surface area (Å²) in [6.07, 6.45) is 5.43.